The van der Waals surface area contributed by atoms with E-state index in [0.717, 1.165) is 37.5 Å². The number of carbonyl (C=O) groups excluding carboxylic acids is 2. The predicted octanol–water partition coefficient (Wildman–Crippen LogP) is 13.1. The zero-order valence-electron chi connectivity index (χ0n) is 28.2. The first kappa shape index (κ1) is 39.3. The summed E-state index contributed by atoms with van der Waals surface area (Å²) in [6, 6.07) is 0. The van der Waals surface area contributed by atoms with Crippen LogP contribution in [0.25, 0.3) is 0 Å². The van der Waals surface area contributed by atoms with Gasteiger partial charge in [0.1, 0.15) is 11.6 Å². The summed E-state index contributed by atoms with van der Waals surface area (Å²) in [5, 5.41) is 0. The van der Waals surface area contributed by atoms with E-state index in [4.69, 9.17) is 0 Å². The summed E-state index contributed by atoms with van der Waals surface area (Å²) < 4.78 is 0. The molecular weight excluding hydrogens is 488 g/mol. The van der Waals surface area contributed by atoms with E-state index in [1.54, 1.807) is 13.8 Å². The lowest BCUT2D eigenvalue weighted by Gasteiger charge is -2.28. The summed E-state index contributed by atoms with van der Waals surface area (Å²) in [4.78, 5) is 22.5. The van der Waals surface area contributed by atoms with Crippen LogP contribution >= 0.6 is 0 Å². The molecule has 2 heteroatoms. The van der Waals surface area contributed by atoms with Crippen molar-refractivity contribution in [3.8, 4) is 0 Å². The Hall–Kier alpha value is -0.660. The molecule has 0 aromatic carbocycles. The minimum absolute atomic E-state index is 0.349. The molecule has 0 rings (SSSR count). The highest BCUT2D eigenvalue weighted by Gasteiger charge is 2.20. The molecule has 0 bridgehead atoms. The predicted molar refractivity (Wildman–Crippen MR) is 178 cm³/mol. The van der Waals surface area contributed by atoms with Crippen molar-refractivity contribution in [2.24, 2.45) is 11.8 Å². The van der Waals surface area contributed by atoms with Crippen molar-refractivity contribution in [1.82, 2.24) is 0 Å². The number of Topliss-reactive ketones (excluding diaryl/α,β-unsaturated/α-hetero) is 2. The average molecular weight is 563 g/mol. The third-order valence-electron chi connectivity index (χ3n) is 9.23. The van der Waals surface area contributed by atoms with Crippen LogP contribution in [0, 0.1) is 11.8 Å². The van der Waals surface area contributed by atoms with Crippen LogP contribution in [0.3, 0.4) is 0 Å². The minimum Gasteiger partial charge on any atom is -0.300 e. The highest BCUT2D eigenvalue weighted by Crippen LogP contribution is 2.33. The maximum absolute atomic E-state index is 11.2. The number of carbonyl (C=O) groups is 2. The number of hydrogen-bond acceptors (Lipinski definition) is 2. The summed E-state index contributed by atoms with van der Waals surface area (Å²) in [6.45, 7) is 8.08. The van der Waals surface area contributed by atoms with Crippen molar-refractivity contribution >= 4 is 11.6 Å². The van der Waals surface area contributed by atoms with E-state index >= 15 is 0 Å². The maximum Gasteiger partial charge on any atom is 0.129 e. The number of hydrogen-bond donors (Lipinski definition) is 0. The molecular formula is C38H74O2. The van der Waals surface area contributed by atoms with E-state index in [1.807, 2.05) is 0 Å². The van der Waals surface area contributed by atoms with Crippen molar-refractivity contribution in [3.05, 3.63) is 0 Å². The van der Waals surface area contributed by atoms with E-state index in [-0.39, 0.29) is 0 Å². The van der Waals surface area contributed by atoms with Gasteiger partial charge in [-0.3, -0.25) is 0 Å². The first-order valence-corrected chi connectivity index (χ1v) is 18.5. The summed E-state index contributed by atoms with van der Waals surface area (Å²) in [7, 11) is 0. The Morgan fingerprint density at radius 1 is 0.350 bits per heavy atom. The van der Waals surface area contributed by atoms with Crippen LogP contribution in [-0.2, 0) is 9.59 Å². The molecule has 0 heterocycles. The van der Waals surface area contributed by atoms with Gasteiger partial charge in [-0.25, -0.2) is 0 Å². The highest BCUT2D eigenvalue weighted by molar-refractivity contribution is 5.75. The second-order valence-corrected chi connectivity index (χ2v) is 13.4. The molecule has 238 valence electrons. The Morgan fingerprint density at radius 3 is 0.825 bits per heavy atom. The lowest BCUT2D eigenvalue weighted by Crippen LogP contribution is -2.16. The van der Waals surface area contributed by atoms with Gasteiger partial charge in [-0.15, -0.1) is 0 Å². The zero-order chi connectivity index (χ0) is 29.5. The van der Waals surface area contributed by atoms with Gasteiger partial charge in [-0.1, -0.05) is 181 Å². The molecule has 0 aromatic rings. The molecule has 0 spiro atoms. The Labute approximate surface area is 253 Å². The van der Waals surface area contributed by atoms with Crippen LogP contribution < -0.4 is 0 Å². The van der Waals surface area contributed by atoms with Crippen LogP contribution in [0.1, 0.15) is 220 Å². The summed E-state index contributed by atoms with van der Waals surface area (Å²) >= 11 is 0. The highest BCUT2D eigenvalue weighted by atomic mass is 16.1. The molecule has 0 aliphatic rings. The van der Waals surface area contributed by atoms with Crippen LogP contribution in [0.2, 0.25) is 0 Å². The fourth-order valence-electron chi connectivity index (χ4n) is 6.58. The lowest BCUT2D eigenvalue weighted by molar-refractivity contribution is -0.117. The molecule has 0 fully saturated rings. The molecule has 40 heavy (non-hydrogen) atoms. The largest absolute Gasteiger partial charge is 0.300 e. The van der Waals surface area contributed by atoms with Gasteiger partial charge in [-0.2, -0.15) is 0 Å². The molecule has 2 atom stereocenters. The molecule has 0 aromatic heterocycles. The fourth-order valence-corrected chi connectivity index (χ4v) is 6.58. The van der Waals surface area contributed by atoms with Crippen LogP contribution in [0.15, 0.2) is 0 Å². The van der Waals surface area contributed by atoms with Gasteiger partial charge < -0.3 is 9.59 Å². The van der Waals surface area contributed by atoms with E-state index < -0.39 is 0 Å². The second kappa shape index (κ2) is 31.3. The van der Waals surface area contributed by atoms with Gasteiger partial charge in [0.25, 0.3) is 0 Å². The van der Waals surface area contributed by atoms with Gasteiger partial charge in [-0.05, 0) is 38.5 Å². The van der Waals surface area contributed by atoms with E-state index in [0.29, 0.717) is 11.6 Å². The molecule has 0 saturated heterocycles. The SMILES string of the molecule is CCCCCCCCCC(CCCCCCCC(C)=O)C(CCCCCCCCC)CCCCCCCC(C)=O. The molecule has 0 aliphatic carbocycles. The number of ketones is 2. The fraction of sp³-hybridized carbons (Fsp3) is 0.947. The van der Waals surface area contributed by atoms with E-state index in [2.05, 4.69) is 13.8 Å². The Balaban J connectivity index is 4.78. The maximum atomic E-state index is 11.2. The third kappa shape index (κ3) is 28.9. The van der Waals surface area contributed by atoms with E-state index in [1.165, 1.54) is 167 Å². The minimum atomic E-state index is 0.349. The molecule has 2 nitrogen and oxygen atoms in total. The number of rotatable bonds is 33. The molecule has 0 aliphatic heterocycles. The van der Waals surface area contributed by atoms with Gasteiger partial charge in [0.15, 0.2) is 0 Å². The smallest absolute Gasteiger partial charge is 0.129 e. The quantitative estimate of drug-likeness (QED) is 0.0745. The Kier molecular flexibility index (Phi) is 30.8. The Morgan fingerprint density at radius 2 is 0.575 bits per heavy atom. The number of unbranched alkanes of at least 4 members (excludes halogenated alkanes) is 20. The molecule has 2 unspecified atom stereocenters. The molecule has 0 amide bonds. The summed E-state index contributed by atoms with van der Waals surface area (Å²) in [6.07, 6.45) is 39.9. The van der Waals surface area contributed by atoms with Crippen molar-refractivity contribution < 1.29 is 9.59 Å². The monoisotopic (exact) mass is 563 g/mol. The standard InChI is InChI=1S/C38H74O2/c1-5-7-9-11-13-19-25-31-37(33-27-21-15-17-23-29-35(3)39)38(32-26-20-14-12-10-8-6-2)34-28-22-16-18-24-30-36(4)40/h37-38H,5-34H2,1-4H3. The van der Waals surface area contributed by atoms with Crippen LogP contribution in [-0.4, -0.2) is 11.6 Å². The topological polar surface area (TPSA) is 34.1 Å². The van der Waals surface area contributed by atoms with Gasteiger partial charge in [0.2, 0.25) is 0 Å². The average Bonchev–Trinajstić information content (AvgIpc) is 2.92. The van der Waals surface area contributed by atoms with Crippen molar-refractivity contribution in [1.29, 1.82) is 0 Å². The molecule has 0 saturated carbocycles. The van der Waals surface area contributed by atoms with Crippen molar-refractivity contribution in [2.45, 2.75) is 220 Å². The van der Waals surface area contributed by atoms with E-state index in [9.17, 15) is 9.59 Å². The summed E-state index contributed by atoms with van der Waals surface area (Å²) in [5.74, 6) is 2.54. The third-order valence-corrected chi connectivity index (χ3v) is 9.23. The van der Waals surface area contributed by atoms with Gasteiger partial charge in [0, 0.05) is 12.8 Å². The van der Waals surface area contributed by atoms with Gasteiger partial charge in [0.05, 0.1) is 0 Å². The first-order valence-electron chi connectivity index (χ1n) is 18.5. The normalized spacial score (nSPS) is 13.0. The molecule has 0 N–H and O–H groups in total. The Bertz CT molecular complexity index is 492. The summed E-state index contributed by atoms with van der Waals surface area (Å²) in [5.41, 5.74) is 0. The van der Waals surface area contributed by atoms with Crippen LogP contribution in [0.5, 0.6) is 0 Å². The van der Waals surface area contributed by atoms with Crippen LogP contribution in [0.4, 0.5) is 0 Å². The molecule has 0 radical (unpaired) electrons. The van der Waals surface area contributed by atoms with Crippen molar-refractivity contribution in [3.63, 3.8) is 0 Å². The van der Waals surface area contributed by atoms with Crippen molar-refractivity contribution in [2.75, 3.05) is 0 Å². The zero-order valence-corrected chi connectivity index (χ0v) is 28.2. The van der Waals surface area contributed by atoms with Gasteiger partial charge >= 0.3 is 0 Å². The first-order chi connectivity index (χ1) is 19.5. The second-order valence-electron chi connectivity index (χ2n) is 13.4. The lowest BCUT2D eigenvalue weighted by atomic mass is 9.78.